The lowest BCUT2D eigenvalue weighted by Crippen LogP contribution is -2.42. The largest absolute Gasteiger partial charge is 0.474 e. The minimum absolute atomic E-state index is 0.358. The number of rotatable bonds is 4. The Bertz CT molecular complexity index is 1470. The second-order valence-electron chi connectivity index (χ2n) is 11.1. The number of anilines is 4. The maximum Gasteiger partial charge on any atom is 0.415 e. The second kappa shape index (κ2) is 10.7. The number of benzene rings is 1. The number of esters is 1. The fraction of sp³-hybridized carbons (Fsp3) is 0.400. The first kappa shape index (κ1) is 27.2. The average Bonchev–Trinajstić information content (AvgIpc) is 2.91. The molecular weight excluding hydrogens is 510 g/mol. The van der Waals surface area contributed by atoms with Crippen molar-refractivity contribution in [2.45, 2.75) is 53.2 Å². The first-order chi connectivity index (χ1) is 19.0. The van der Waals surface area contributed by atoms with E-state index in [2.05, 4.69) is 26.3 Å². The van der Waals surface area contributed by atoms with Gasteiger partial charge >= 0.3 is 12.1 Å². The highest BCUT2D eigenvalue weighted by Crippen LogP contribution is 2.40. The molecule has 1 N–H and O–H groups in total. The van der Waals surface area contributed by atoms with Crippen LogP contribution in [0.4, 0.5) is 27.7 Å². The predicted molar refractivity (Wildman–Crippen MR) is 153 cm³/mol. The summed E-state index contributed by atoms with van der Waals surface area (Å²) in [6, 6.07) is 7.55. The summed E-state index contributed by atoms with van der Waals surface area (Å²) in [4.78, 5) is 38.0. The smallest absolute Gasteiger partial charge is 0.415 e. The molecule has 2 aliphatic heterocycles. The summed E-state index contributed by atoms with van der Waals surface area (Å²) in [6.45, 7) is 11.7. The molecule has 1 aromatic carbocycles. The van der Waals surface area contributed by atoms with E-state index in [1.54, 1.807) is 11.0 Å². The molecule has 2 aromatic heterocycles. The molecule has 2 aliphatic rings. The lowest BCUT2D eigenvalue weighted by atomic mass is 10.0. The molecule has 0 radical (unpaired) electrons. The Labute approximate surface area is 234 Å². The first-order valence-corrected chi connectivity index (χ1v) is 13.4. The molecule has 210 valence electrons. The Balaban J connectivity index is 1.38. The summed E-state index contributed by atoms with van der Waals surface area (Å²) in [5.41, 5.74) is 6.47. The summed E-state index contributed by atoms with van der Waals surface area (Å²) in [5, 5.41) is 3.35. The van der Waals surface area contributed by atoms with E-state index >= 15 is 0 Å². The van der Waals surface area contributed by atoms with Crippen molar-refractivity contribution in [1.29, 1.82) is 0 Å². The van der Waals surface area contributed by atoms with Gasteiger partial charge in [-0.25, -0.2) is 19.6 Å². The molecule has 0 saturated carbocycles. The van der Waals surface area contributed by atoms with Crippen molar-refractivity contribution < 1.29 is 23.8 Å². The van der Waals surface area contributed by atoms with Gasteiger partial charge in [-0.15, -0.1) is 0 Å². The normalized spacial score (nSPS) is 14.6. The lowest BCUT2D eigenvalue weighted by molar-refractivity contribution is 0.0564. The van der Waals surface area contributed by atoms with Gasteiger partial charge in [0.05, 0.1) is 31.1 Å². The Morgan fingerprint density at radius 1 is 1.05 bits per heavy atom. The third-order valence-electron chi connectivity index (χ3n) is 7.02. The highest BCUT2D eigenvalue weighted by Gasteiger charge is 2.32. The molecule has 0 atom stereocenters. The monoisotopic (exact) mass is 545 g/mol. The van der Waals surface area contributed by atoms with Gasteiger partial charge in [-0.05, 0) is 82.0 Å². The van der Waals surface area contributed by atoms with Crippen LogP contribution < -0.4 is 19.9 Å². The van der Waals surface area contributed by atoms with Crippen LogP contribution in [0.2, 0.25) is 0 Å². The van der Waals surface area contributed by atoms with Crippen molar-refractivity contribution in [3.8, 4) is 5.88 Å². The standard InChI is InChI=1S/C30H35N5O5/c1-18-13-22(7-8-23(18)28(36)38-6)33-25-14-21-17-34(10-9-20(21)15-31-25)24-16-32-27-26(19(24)2)35(11-12-39-27)29(37)40-30(3,4)5/h7-8,13-16H,9-12,17H2,1-6H3,(H,31,33). The van der Waals surface area contributed by atoms with E-state index in [0.717, 1.165) is 46.8 Å². The van der Waals surface area contributed by atoms with E-state index in [0.29, 0.717) is 36.8 Å². The molecule has 40 heavy (non-hydrogen) atoms. The number of nitrogens with one attached hydrogen (secondary N) is 1. The number of carbonyl (C=O) groups excluding carboxylic acids is 2. The topological polar surface area (TPSA) is 106 Å². The maximum atomic E-state index is 13.0. The Kier molecular flexibility index (Phi) is 7.27. The van der Waals surface area contributed by atoms with E-state index < -0.39 is 11.7 Å². The Morgan fingerprint density at radius 2 is 1.85 bits per heavy atom. The summed E-state index contributed by atoms with van der Waals surface area (Å²) >= 11 is 0. The Morgan fingerprint density at radius 3 is 2.58 bits per heavy atom. The van der Waals surface area contributed by atoms with Gasteiger partial charge in [-0.3, -0.25) is 4.90 Å². The van der Waals surface area contributed by atoms with E-state index in [-0.39, 0.29) is 5.97 Å². The summed E-state index contributed by atoms with van der Waals surface area (Å²) in [5.74, 6) is 0.805. The van der Waals surface area contributed by atoms with Gasteiger partial charge in [0.15, 0.2) is 0 Å². The van der Waals surface area contributed by atoms with Gasteiger partial charge in [0.1, 0.15) is 23.7 Å². The minimum Gasteiger partial charge on any atom is -0.474 e. The fourth-order valence-electron chi connectivity index (χ4n) is 5.09. The van der Waals surface area contributed by atoms with Gasteiger partial charge in [0.25, 0.3) is 0 Å². The van der Waals surface area contributed by atoms with Crippen molar-refractivity contribution in [1.82, 2.24) is 9.97 Å². The number of fused-ring (bicyclic) bond motifs is 2. The molecule has 4 heterocycles. The molecule has 5 rings (SSSR count). The molecule has 3 aromatic rings. The van der Waals surface area contributed by atoms with Crippen LogP contribution in [-0.2, 0) is 22.4 Å². The zero-order valence-electron chi connectivity index (χ0n) is 23.8. The third-order valence-corrected chi connectivity index (χ3v) is 7.02. The van der Waals surface area contributed by atoms with E-state index in [1.807, 2.05) is 59.1 Å². The zero-order valence-corrected chi connectivity index (χ0v) is 23.8. The molecule has 0 unspecified atom stereocenters. The number of hydrogen-bond donors (Lipinski definition) is 1. The third kappa shape index (κ3) is 5.52. The number of carbonyl (C=O) groups is 2. The molecule has 10 nitrogen and oxygen atoms in total. The number of aryl methyl sites for hydroxylation is 1. The molecular formula is C30H35N5O5. The lowest BCUT2D eigenvalue weighted by Gasteiger charge is -2.35. The number of pyridine rings is 2. The quantitative estimate of drug-likeness (QED) is 0.436. The van der Waals surface area contributed by atoms with Crippen molar-refractivity contribution in [2.75, 3.05) is 41.9 Å². The molecule has 0 aliphatic carbocycles. The summed E-state index contributed by atoms with van der Waals surface area (Å²) in [6.07, 6.45) is 4.17. The molecule has 1 amide bonds. The van der Waals surface area contributed by atoms with Gasteiger partial charge < -0.3 is 24.4 Å². The maximum absolute atomic E-state index is 13.0. The number of ether oxygens (including phenoxy) is 3. The molecule has 0 fully saturated rings. The van der Waals surface area contributed by atoms with Crippen LogP contribution in [0, 0.1) is 13.8 Å². The molecule has 10 heteroatoms. The molecule has 0 spiro atoms. The van der Waals surface area contributed by atoms with Crippen LogP contribution in [0.15, 0.2) is 36.7 Å². The van der Waals surface area contributed by atoms with Crippen LogP contribution in [0.25, 0.3) is 0 Å². The Hall–Kier alpha value is -4.34. The minimum atomic E-state index is -0.604. The van der Waals surface area contributed by atoms with Crippen LogP contribution >= 0.6 is 0 Å². The van der Waals surface area contributed by atoms with Crippen molar-refractivity contribution >= 4 is 34.9 Å². The second-order valence-corrected chi connectivity index (χ2v) is 11.1. The number of amides is 1. The van der Waals surface area contributed by atoms with Crippen molar-refractivity contribution in [3.63, 3.8) is 0 Å². The van der Waals surface area contributed by atoms with Crippen LogP contribution in [-0.4, -0.2) is 54.4 Å². The van der Waals surface area contributed by atoms with Crippen molar-refractivity contribution in [2.24, 2.45) is 0 Å². The van der Waals surface area contributed by atoms with Crippen LogP contribution in [0.3, 0.4) is 0 Å². The van der Waals surface area contributed by atoms with E-state index in [4.69, 9.17) is 14.2 Å². The molecule has 0 bridgehead atoms. The SMILES string of the molecule is COC(=O)c1ccc(Nc2cc3c(cn2)CCN(c2cnc4c(c2C)N(C(=O)OC(C)(C)C)CCO4)C3)cc1C. The predicted octanol–water partition coefficient (Wildman–Crippen LogP) is 5.32. The number of hydrogen-bond acceptors (Lipinski definition) is 9. The van der Waals surface area contributed by atoms with Crippen molar-refractivity contribution in [3.05, 3.63) is 64.5 Å². The zero-order chi connectivity index (χ0) is 28.6. The van der Waals surface area contributed by atoms with E-state index in [9.17, 15) is 9.59 Å². The van der Waals surface area contributed by atoms with Gasteiger partial charge in [-0.1, -0.05) is 0 Å². The van der Waals surface area contributed by atoms with E-state index in [1.165, 1.54) is 12.7 Å². The highest BCUT2D eigenvalue weighted by atomic mass is 16.6. The molecule has 0 saturated heterocycles. The highest BCUT2D eigenvalue weighted by molar-refractivity contribution is 5.93. The number of aromatic nitrogens is 2. The van der Waals surface area contributed by atoms with Gasteiger partial charge in [-0.2, -0.15) is 0 Å². The van der Waals surface area contributed by atoms with Crippen LogP contribution in [0.5, 0.6) is 5.88 Å². The average molecular weight is 546 g/mol. The number of methoxy groups -OCH3 is 1. The fourth-order valence-corrected chi connectivity index (χ4v) is 5.09. The number of nitrogens with zero attached hydrogens (tertiary/aromatic N) is 4. The summed E-state index contributed by atoms with van der Waals surface area (Å²) in [7, 11) is 1.38. The first-order valence-electron chi connectivity index (χ1n) is 13.4. The van der Waals surface area contributed by atoms with Gasteiger partial charge in [0.2, 0.25) is 5.88 Å². The van der Waals surface area contributed by atoms with Gasteiger partial charge in [0, 0.05) is 30.5 Å². The van der Waals surface area contributed by atoms with Crippen LogP contribution in [0.1, 0.15) is 53.4 Å². The summed E-state index contributed by atoms with van der Waals surface area (Å²) < 4.78 is 16.3.